The van der Waals surface area contributed by atoms with Crippen molar-refractivity contribution in [3.8, 4) is 0 Å². The zero-order valence-electron chi connectivity index (χ0n) is 17.5. The third-order valence-corrected chi connectivity index (χ3v) is 5.34. The van der Waals surface area contributed by atoms with Crippen molar-refractivity contribution < 1.29 is 9.59 Å². The van der Waals surface area contributed by atoms with Crippen LogP contribution in [0.5, 0.6) is 0 Å². The number of rotatable bonds is 7. The number of carbonyl (C=O) groups excluding carboxylic acids is 2. The Balaban J connectivity index is 1.64. The molecule has 0 spiro atoms. The van der Waals surface area contributed by atoms with Crippen LogP contribution in [0.25, 0.3) is 0 Å². The zero-order chi connectivity index (χ0) is 20.8. The molecule has 29 heavy (non-hydrogen) atoms. The minimum Gasteiger partial charge on any atom is -0.380 e. The molecule has 0 radical (unpaired) electrons. The Morgan fingerprint density at radius 1 is 1.07 bits per heavy atom. The molecule has 3 rings (SSSR count). The van der Waals surface area contributed by atoms with Crippen LogP contribution in [0.2, 0.25) is 0 Å². The molecule has 5 heteroatoms. The molecule has 154 valence electrons. The molecule has 2 aromatic carbocycles. The van der Waals surface area contributed by atoms with E-state index in [1.54, 1.807) is 6.07 Å². The highest BCUT2D eigenvalue weighted by Gasteiger charge is 2.32. The average molecular weight is 394 g/mol. The van der Waals surface area contributed by atoms with Crippen molar-refractivity contribution in [2.75, 3.05) is 18.4 Å². The summed E-state index contributed by atoms with van der Waals surface area (Å²) in [6.45, 7) is 7.42. The van der Waals surface area contributed by atoms with Gasteiger partial charge in [-0.3, -0.25) is 9.59 Å². The molecule has 2 amide bonds. The molecule has 0 saturated carbocycles. The minimum atomic E-state index is -0.502. The summed E-state index contributed by atoms with van der Waals surface area (Å²) >= 11 is 0. The number of anilines is 1. The number of hydrogen-bond donors (Lipinski definition) is 2. The molecule has 1 fully saturated rings. The van der Waals surface area contributed by atoms with Crippen LogP contribution in [-0.4, -0.2) is 41.9 Å². The molecular weight excluding hydrogens is 362 g/mol. The van der Waals surface area contributed by atoms with Gasteiger partial charge in [-0.1, -0.05) is 50.2 Å². The van der Waals surface area contributed by atoms with Crippen LogP contribution >= 0.6 is 0 Å². The summed E-state index contributed by atoms with van der Waals surface area (Å²) in [5.74, 6) is 0.139. The lowest BCUT2D eigenvalue weighted by Crippen LogP contribution is -2.49. The Hall–Kier alpha value is -2.82. The molecule has 0 aromatic heterocycles. The smallest absolute Gasteiger partial charge is 0.252 e. The molecule has 2 atom stereocenters. The van der Waals surface area contributed by atoms with Crippen LogP contribution in [0.3, 0.4) is 0 Å². The maximum Gasteiger partial charge on any atom is 0.252 e. The second kappa shape index (κ2) is 9.59. The first-order chi connectivity index (χ1) is 13.9. The highest BCUT2D eigenvalue weighted by Crippen LogP contribution is 2.18. The standard InChI is InChI=1S/C24H31N3O2/c1-17(2)15-22(26-23(28)21-12-8-7-9-18(21)3)24(29)27-14-13-20(16-27)25-19-10-5-4-6-11-19/h4-12,17,20,22,25H,13-16H2,1-3H3,(H,26,28). The van der Waals surface area contributed by atoms with Gasteiger partial charge in [-0.05, 0) is 49.4 Å². The van der Waals surface area contributed by atoms with E-state index in [4.69, 9.17) is 0 Å². The highest BCUT2D eigenvalue weighted by molar-refractivity contribution is 5.98. The van der Waals surface area contributed by atoms with Crippen LogP contribution in [0, 0.1) is 12.8 Å². The summed E-state index contributed by atoms with van der Waals surface area (Å²) in [6, 6.07) is 17.3. The molecule has 5 nitrogen and oxygen atoms in total. The predicted octanol–water partition coefficient (Wildman–Crippen LogP) is 3.85. The number of benzene rings is 2. The maximum atomic E-state index is 13.2. The third-order valence-electron chi connectivity index (χ3n) is 5.34. The van der Waals surface area contributed by atoms with E-state index in [0.29, 0.717) is 31.0 Å². The van der Waals surface area contributed by atoms with Crippen LogP contribution < -0.4 is 10.6 Å². The van der Waals surface area contributed by atoms with Gasteiger partial charge in [0, 0.05) is 30.4 Å². The van der Waals surface area contributed by atoms with Crippen LogP contribution in [-0.2, 0) is 4.79 Å². The van der Waals surface area contributed by atoms with Gasteiger partial charge in [0.1, 0.15) is 6.04 Å². The topological polar surface area (TPSA) is 61.4 Å². The van der Waals surface area contributed by atoms with Crippen molar-refractivity contribution >= 4 is 17.5 Å². The molecule has 0 bridgehead atoms. The highest BCUT2D eigenvalue weighted by atomic mass is 16.2. The van der Waals surface area contributed by atoms with Gasteiger partial charge in [0.25, 0.3) is 5.91 Å². The van der Waals surface area contributed by atoms with E-state index >= 15 is 0 Å². The van der Waals surface area contributed by atoms with Gasteiger partial charge in [0.15, 0.2) is 0 Å². The largest absolute Gasteiger partial charge is 0.380 e. The third kappa shape index (κ3) is 5.59. The summed E-state index contributed by atoms with van der Waals surface area (Å²) in [5.41, 5.74) is 2.60. The summed E-state index contributed by atoms with van der Waals surface area (Å²) in [7, 11) is 0. The normalized spacial score (nSPS) is 17.2. The lowest BCUT2D eigenvalue weighted by molar-refractivity contribution is -0.132. The Kier molecular flexibility index (Phi) is 6.91. The van der Waals surface area contributed by atoms with Gasteiger partial charge in [0.2, 0.25) is 5.91 Å². The number of hydrogen-bond acceptors (Lipinski definition) is 3. The van der Waals surface area contributed by atoms with Crippen molar-refractivity contribution in [1.29, 1.82) is 0 Å². The van der Waals surface area contributed by atoms with E-state index < -0.39 is 6.04 Å². The van der Waals surface area contributed by atoms with E-state index in [0.717, 1.165) is 17.7 Å². The number of aryl methyl sites for hydroxylation is 1. The minimum absolute atomic E-state index is 0.0120. The first-order valence-electron chi connectivity index (χ1n) is 10.4. The molecule has 2 unspecified atom stereocenters. The number of para-hydroxylation sites is 1. The van der Waals surface area contributed by atoms with Gasteiger partial charge in [-0.2, -0.15) is 0 Å². The Labute approximate surface area is 173 Å². The fraction of sp³-hybridized carbons (Fsp3) is 0.417. The van der Waals surface area contributed by atoms with Crippen molar-refractivity contribution in [2.24, 2.45) is 5.92 Å². The molecule has 1 saturated heterocycles. The zero-order valence-corrected chi connectivity index (χ0v) is 17.5. The SMILES string of the molecule is Cc1ccccc1C(=O)NC(CC(C)C)C(=O)N1CCC(Nc2ccccc2)C1. The molecule has 2 N–H and O–H groups in total. The van der Waals surface area contributed by atoms with Gasteiger partial charge in [-0.25, -0.2) is 0 Å². The van der Waals surface area contributed by atoms with E-state index in [2.05, 4.69) is 24.5 Å². The Morgan fingerprint density at radius 2 is 1.76 bits per heavy atom. The number of nitrogens with zero attached hydrogens (tertiary/aromatic N) is 1. The second-order valence-corrected chi connectivity index (χ2v) is 8.25. The number of nitrogens with one attached hydrogen (secondary N) is 2. The van der Waals surface area contributed by atoms with E-state index in [1.807, 2.05) is 60.4 Å². The number of amides is 2. The summed E-state index contributed by atoms with van der Waals surface area (Å²) in [6.07, 6.45) is 1.53. The second-order valence-electron chi connectivity index (χ2n) is 8.25. The van der Waals surface area contributed by atoms with Crippen molar-refractivity contribution in [3.05, 3.63) is 65.7 Å². The summed E-state index contributed by atoms with van der Waals surface area (Å²) in [4.78, 5) is 27.9. The van der Waals surface area contributed by atoms with Crippen LogP contribution in [0.15, 0.2) is 54.6 Å². The molecular formula is C24H31N3O2. The van der Waals surface area contributed by atoms with Gasteiger partial charge < -0.3 is 15.5 Å². The molecule has 0 aliphatic carbocycles. The van der Waals surface area contributed by atoms with Crippen molar-refractivity contribution in [3.63, 3.8) is 0 Å². The van der Waals surface area contributed by atoms with Crippen molar-refractivity contribution in [2.45, 2.75) is 45.7 Å². The Morgan fingerprint density at radius 3 is 2.45 bits per heavy atom. The lowest BCUT2D eigenvalue weighted by atomic mass is 10.0. The summed E-state index contributed by atoms with van der Waals surface area (Å²) < 4.78 is 0. The van der Waals surface area contributed by atoms with E-state index in [9.17, 15) is 9.59 Å². The average Bonchev–Trinajstić information content (AvgIpc) is 3.16. The first kappa shape index (κ1) is 20.9. The molecule has 1 aliphatic rings. The monoisotopic (exact) mass is 393 g/mol. The fourth-order valence-electron chi connectivity index (χ4n) is 3.83. The molecule has 1 aliphatic heterocycles. The summed E-state index contributed by atoms with van der Waals surface area (Å²) in [5, 5.41) is 6.49. The van der Waals surface area contributed by atoms with Crippen LogP contribution in [0.1, 0.15) is 42.6 Å². The quantitative estimate of drug-likeness (QED) is 0.751. The lowest BCUT2D eigenvalue weighted by Gasteiger charge is -2.26. The molecule has 2 aromatic rings. The van der Waals surface area contributed by atoms with Gasteiger partial charge in [-0.15, -0.1) is 0 Å². The van der Waals surface area contributed by atoms with E-state index in [-0.39, 0.29) is 17.9 Å². The number of carbonyl (C=O) groups is 2. The Bertz CT molecular complexity index is 835. The van der Waals surface area contributed by atoms with Crippen molar-refractivity contribution in [1.82, 2.24) is 10.2 Å². The number of likely N-dealkylation sites (tertiary alicyclic amines) is 1. The fourth-order valence-corrected chi connectivity index (χ4v) is 3.83. The van der Waals surface area contributed by atoms with Gasteiger partial charge in [0.05, 0.1) is 0 Å². The predicted molar refractivity (Wildman–Crippen MR) is 117 cm³/mol. The van der Waals surface area contributed by atoms with Crippen LogP contribution in [0.4, 0.5) is 5.69 Å². The molecule has 1 heterocycles. The first-order valence-corrected chi connectivity index (χ1v) is 10.4. The maximum absolute atomic E-state index is 13.2. The van der Waals surface area contributed by atoms with E-state index in [1.165, 1.54) is 0 Å². The van der Waals surface area contributed by atoms with Gasteiger partial charge >= 0.3 is 0 Å².